The van der Waals surface area contributed by atoms with Crippen LogP contribution in [0.25, 0.3) is 10.9 Å². The van der Waals surface area contributed by atoms with Gasteiger partial charge in [0.15, 0.2) is 0 Å². The Hall–Kier alpha value is -3.75. The van der Waals surface area contributed by atoms with E-state index in [4.69, 9.17) is 0 Å². The topological polar surface area (TPSA) is 95.5 Å². The van der Waals surface area contributed by atoms with Crippen LogP contribution in [0.2, 0.25) is 0 Å². The van der Waals surface area contributed by atoms with Crippen LogP contribution in [-0.4, -0.2) is 57.3 Å². The molecule has 2 amide bonds. The van der Waals surface area contributed by atoms with Crippen molar-refractivity contribution in [2.24, 2.45) is 5.92 Å². The third-order valence-electron chi connectivity index (χ3n) is 7.31. The summed E-state index contributed by atoms with van der Waals surface area (Å²) in [4.78, 5) is 56.6. The highest BCUT2D eigenvalue weighted by Gasteiger charge is 2.30. The van der Waals surface area contributed by atoms with Crippen LogP contribution in [-0.2, 0) is 11.3 Å². The maximum absolute atomic E-state index is 13.7. The third-order valence-corrected chi connectivity index (χ3v) is 7.31. The number of H-pyrrole nitrogens is 1. The van der Waals surface area contributed by atoms with Crippen LogP contribution in [0.15, 0.2) is 52.1 Å². The molecule has 0 unspecified atom stereocenters. The smallest absolute Gasteiger partial charge is 0.329 e. The largest absolute Gasteiger partial charge is 0.339 e. The lowest BCUT2D eigenvalue weighted by Crippen LogP contribution is -2.52. The second-order valence-electron chi connectivity index (χ2n) is 9.66. The number of fused-ring (bicyclic) bond motifs is 1. The zero-order valence-electron chi connectivity index (χ0n) is 20.0. The summed E-state index contributed by atoms with van der Waals surface area (Å²) in [5, 5.41) is 0.0856. The summed E-state index contributed by atoms with van der Waals surface area (Å²) in [5.41, 5.74) is 0.269. The van der Waals surface area contributed by atoms with Gasteiger partial charge in [-0.3, -0.25) is 23.9 Å². The van der Waals surface area contributed by atoms with Crippen LogP contribution < -0.4 is 11.2 Å². The maximum Gasteiger partial charge on any atom is 0.329 e. The van der Waals surface area contributed by atoms with Gasteiger partial charge in [0, 0.05) is 37.7 Å². The van der Waals surface area contributed by atoms with Gasteiger partial charge < -0.3 is 9.80 Å². The van der Waals surface area contributed by atoms with Crippen molar-refractivity contribution < 1.29 is 14.0 Å². The molecule has 0 radical (unpaired) electrons. The van der Waals surface area contributed by atoms with E-state index in [2.05, 4.69) is 4.98 Å². The van der Waals surface area contributed by atoms with E-state index < -0.39 is 17.1 Å². The number of hydrogen-bond acceptors (Lipinski definition) is 4. The van der Waals surface area contributed by atoms with Crippen molar-refractivity contribution in [2.45, 2.75) is 38.6 Å². The van der Waals surface area contributed by atoms with E-state index in [1.54, 1.807) is 29.2 Å². The highest BCUT2D eigenvalue weighted by molar-refractivity contribution is 5.94. The molecule has 0 bridgehead atoms. The molecule has 5 rings (SSSR count). The van der Waals surface area contributed by atoms with Crippen LogP contribution in [0, 0.1) is 11.7 Å². The molecule has 1 saturated carbocycles. The first-order chi connectivity index (χ1) is 17.4. The average molecular weight is 493 g/mol. The van der Waals surface area contributed by atoms with Crippen molar-refractivity contribution in [1.82, 2.24) is 19.4 Å². The monoisotopic (exact) mass is 492 g/mol. The van der Waals surface area contributed by atoms with Gasteiger partial charge in [0.25, 0.3) is 11.5 Å². The summed E-state index contributed by atoms with van der Waals surface area (Å²) in [6.07, 6.45) is 5.36. The van der Waals surface area contributed by atoms with Crippen LogP contribution in [0.3, 0.4) is 0 Å². The van der Waals surface area contributed by atoms with Crippen molar-refractivity contribution in [1.29, 1.82) is 0 Å². The van der Waals surface area contributed by atoms with E-state index in [1.807, 2.05) is 4.90 Å². The molecule has 188 valence electrons. The molecule has 36 heavy (non-hydrogen) atoms. The first-order valence-corrected chi connectivity index (χ1v) is 12.5. The van der Waals surface area contributed by atoms with Crippen LogP contribution in [0.1, 0.15) is 48.0 Å². The number of carbonyl (C=O) groups is 2. The van der Waals surface area contributed by atoms with Gasteiger partial charge in [-0.25, -0.2) is 9.18 Å². The van der Waals surface area contributed by atoms with Gasteiger partial charge in [-0.2, -0.15) is 0 Å². The molecule has 2 aliphatic rings. The Bertz CT molecular complexity index is 1420. The van der Waals surface area contributed by atoms with E-state index in [-0.39, 0.29) is 29.7 Å². The number of aromatic amines is 1. The van der Waals surface area contributed by atoms with E-state index in [0.29, 0.717) is 42.8 Å². The number of carbonyl (C=O) groups excluding carboxylic acids is 2. The predicted molar refractivity (Wildman–Crippen MR) is 133 cm³/mol. The van der Waals surface area contributed by atoms with Gasteiger partial charge in [-0.1, -0.05) is 31.4 Å². The number of rotatable bonds is 4. The summed E-state index contributed by atoms with van der Waals surface area (Å²) in [7, 11) is 0. The van der Waals surface area contributed by atoms with Gasteiger partial charge >= 0.3 is 5.69 Å². The quantitative estimate of drug-likeness (QED) is 0.606. The number of aromatic nitrogens is 2. The zero-order valence-corrected chi connectivity index (χ0v) is 20.0. The molecule has 8 nitrogen and oxygen atoms in total. The summed E-state index contributed by atoms with van der Waals surface area (Å²) < 4.78 is 15.0. The normalized spacial score (nSPS) is 16.9. The number of nitrogens with one attached hydrogen (secondary N) is 1. The molecule has 0 atom stereocenters. The van der Waals surface area contributed by atoms with Crippen molar-refractivity contribution in [3.8, 4) is 0 Å². The number of amides is 2. The summed E-state index contributed by atoms with van der Waals surface area (Å²) in [6.45, 7) is 2.16. The maximum atomic E-state index is 13.7. The second kappa shape index (κ2) is 10.1. The number of benzene rings is 2. The lowest BCUT2D eigenvalue weighted by atomic mass is 9.88. The Morgan fingerprint density at radius 1 is 0.917 bits per heavy atom. The molecule has 1 aromatic heterocycles. The molecular weight excluding hydrogens is 463 g/mol. The van der Waals surface area contributed by atoms with Gasteiger partial charge in [0.05, 0.1) is 17.4 Å². The Balaban J connectivity index is 1.29. The van der Waals surface area contributed by atoms with Gasteiger partial charge in [0.1, 0.15) is 5.82 Å². The average Bonchev–Trinajstić information content (AvgIpc) is 2.91. The molecule has 1 saturated heterocycles. The van der Waals surface area contributed by atoms with Crippen LogP contribution in [0.4, 0.5) is 4.39 Å². The predicted octanol–water partition coefficient (Wildman–Crippen LogP) is 2.74. The summed E-state index contributed by atoms with van der Waals surface area (Å²) in [5.74, 6) is -0.336. The molecule has 1 aliphatic heterocycles. The van der Waals surface area contributed by atoms with E-state index >= 15 is 0 Å². The van der Waals surface area contributed by atoms with Crippen LogP contribution >= 0.6 is 0 Å². The SMILES string of the molecule is O=C(c1cccc(Cn2c(=O)[nH]c(=O)c3cc(F)ccc32)c1)N1CCN(C(=O)C2CCCCC2)CC1. The fourth-order valence-corrected chi connectivity index (χ4v) is 5.33. The van der Waals surface area contributed by atoms with E-state index in [1.165, 1.54) is 23.1 Å². The molecule has 1 N–H and O–H groups in total. The fourth-order valence-electron chi connectivity index (χ4n) is 5.33. The summed E-state index contributed by atoms with van der Waals surface area (Å²) in [6, 6.07) is 10.7. The lowest BCUT2D eigenvalue weighted by molar-refractivity contribution is -0.138. The molecule has 2 aromatic carbocycles. The molecular formula is C27H29FN4O4. The molecule has 0 spiro atoms. The Labute approximate surface area is 207 Å². The minimum absolute atomic E-state index is 0.0856. The van der Waals surface area contributed by atoms with Crippen LogP contribution in [0.5, 0.6) is 0 Å². The van der Waals surface area contributed by atoms with E-state index in [9.17, 15) is 23.6 Å². The second-order valence-corrected chi connectivity index (χ2v) is 9.66. The molecule has 9 heteroatoms. The zero-order chi connectivity index (χ0) is 25.2. The highest BCUT2D eigenvalue weighted by Crippen LogP contribution is 2.26. The Morgan fingerprint density at radius 3 is 2.39 bits per heavy atom. The van der Waals surface area contributed by atoms with Gasteiger partial charge in [-0.15, -0.1) is 0 Å². The molecule has 1 aliphatic carbocycles. The Morgan fingerprint density at radius 2 is 1.64 bits per heavy atom. The van der Waals surface area contributed by atoms with E-state index in [0.717, 1.165) is 31.7 Å². The Kier molecular flexibility index (Phi) is 6.71. The van der Waals surface area contributed by atoms with Gasteiger partial charge in [0.2, 0.25) is 5.91 Å². The van der Waals surface area contributed by atoms with Crippen molar-refractivity contribution >= 4 is 22.7 Å². The van der Waals surface area contributed by atoms with Crippen molar-refractivity contribution in [3.63, 3.8) is 0 Å². The molecule has 2 heterocycles. The molecule has 2 fully saturated rings. The number of halogens is 1. The highest BCUT2D eigenvalue weighted by atomic mass is 19.1. The molecule has 3 aromatic rings. The number of hydrogen-bond donors (Lipinski definition) is 1. The fraction of sp³-hybridized carbons (Fsp3) is 0.407. The van der Waals surface area contributed by atoms with Crippen molar-refractivity contribution in [2.75, 3.05) is 26.2 Å². The lowest BCUT2D eigenvalue weighted by Gasteiger charge is -2.37. The minimum Gasteiger partial charge on any atom is -0.339 e. The summed E-state index contributed by atoms with van der Waals surface area (Å²) >= 11 is 0. The van der Waals surface area contributed by atoms with Gasteiger partial charge in [-0.05, 0) is 48.7 Å². The minimum atomic E-state index is -0.643. The van der Waals surface area contributed by atoms with Crippen molar-refractivity contribution in [3.05, 3.63) is 80.2 Å². The first kappa shape index (κ1) is 24.0. The number of piperazine rings is 1. The standard InChI is InChI=1S/C27H29FN4O4/c28-21-9-10-23-22(16-21)24(33)29-27(36)32(23)17-18-5-4-8-20(15-18)26(35)31-13-11-30(12-14-31)25(34)19-6-2-1-3-7-19/h4-5,8-10,15-16,19H,1-3,6-7,11-14,17H2,(H,29,33,36). The third kappa shape index (κ3) is 4.82. The number of nitrogens with zero attached hydrogens (tertiary/aromatic N) is 3. The first-order valence-electron chi connectivity index (χ1n) is 12.5.